The van der Waals surface area contributed by atoms with Crippen LogP contribution >= 0.6 is 0 Å². The molecule has 156 valence electrons. The maximum absolute atomic E-state index is 12.8. The molecule has 1 saturated carbocycles. The second kappa shape index (κ2) is 11.0. The zero-order valence-corrected chi connectivity index (χ0v) is 17.3. The Morgan fingerprint density at radius 1 is 1.18 bits per heavy atom. The fourth-order valence-electron chi connectivity index (χ4n) is 3.43. The summed E-state index contributed by atoms with van der Waals surface area (Å²) in [4.78, 5) is 38.1. The standard InChI is InChI=1S/C21H33N3O4/c1-4-28-11-7-10-22-20(26)17-13-24(12-15(2)3)14-18(19(17)25)21(27)23-16-8-5-6-9-16/h13-16H,4-12H2,1-3H3,(H,22,26)(H,23,27). The van der Waals surface area contributed by atoms with E-state index in [1.54, 1.807) is 17.0 Å². The molecule has 0 saturated heterocycles. The van der Waals surface area contributed by atoms with Crippen molar-refractivity contribution < 1.29 is 14.3 Å². The van der Waals surface area contributed by atoms with Gasteiger partial charge < -0.3 is 19.9 Å². The van der Waals surface area contributed by atoms with Crippen LogP contribution in [0.5, 0.6) is 0 Å². The molecule has 7 heteroatoms. The highest BCUT2D eigenvalue weighted by molar-refractivity contribution is 5.99. The minimum absolute atomic E-state index is 0.0103. The Kier molecular flexibility index (Phi) is 8.70. The number of carbonyl (C=O) groups excluding carboxylic acids is 2. The predicted molar refractivity (Wildman–Crippen MR) is 109 cm³/mol. The lowest BCUT2D eigenvalue weighted by Crippen LogP contribution is -2.39. The molecule has 2 rings (SSSR count). The van der Waals surface area contributed by atoms with E-state index in [4.69, 9.17) is 4.74 Å². The first-order valence-electron chi connectivity index (χ1n) is 10.3. The van der Waals surface area contributed by atoms with E-state index in [0.717, 1.165) is 25.7 Å². The molecule has 7 nitrogen and oxygen atoms in total. The number of nitrogens with zero attached hydrogens (tertiary/aromatic N) is 1. The zero-order chi connectivity index (χ0) is 20.5. The molecule has 1 aliphatic carbocycles. The van der Waals surface area contributed by atoms with Crippen LogP contribution in [0.4, 0.5) is 0 Å². The summed E-state index contributed by atoms with van der Waals surface area (Å²) in [6, 6.07) is 0.112. The summed E-state index contributed by atoms with van der Waals surface area (Å²) in [5, 5.41) is 5.70. The van der Waals surface area contributed by atoms with Crippen LogP contribution in [0.1, 0.15) is 73.6 Å². The molecule has 2 amide bonds. The van der Waals surface area contributed by atoms with Gasteiger partial charge in [0, 0.05) is 44.7 Å². The average molecular weight is 392 g/mol. The molecule has 1 aliphatic rings. The molecule has 0 unspecified atom stereocenters. The normalized spacial score (nSPS) is 14.4. The monoisotopic (exact) mass is 391 g/mol. The Balaban J connectivity index is 2.19. The number of hydrogen-bond acceptors (Lipinski definition) is 4. The Labute approximate surface area is 166 Å². The van der Waals surface area contributed by atoms with E-state index in [1.807, 2.05) is 20.8 Å². The molecule has 1 fully saturated rings. The van der Waals surface area contributed by atoms with Crippen LogP contribution in [0.15, 0.2) is 17.2 Å². The molecule has 0 spiro atoms. The first-order chi connectivity index (χ1) is 13.4. The van der Waals surface area contributed by atoms with Gasteiger partial charge in [-0.15, -0.1) is 0 Å². The van der Waals surface area contributed by atoms with Crippen LogP contribution < -0.4 is 16.1 Å². The van der Waals surface area contributed by atoms with Crippen molar-refractivity contribution in [2.24, 2.45) is 5.92 Å². The molecule has 1 heterocycles. The van der Waals surface area contributed by atoms with Crippen molar-refractivity contribution in [3.8, 4) is 0 Å². The van der Waals surface area contributed by atoms with Crippen LogP contribution in [-0.2, 0) is 11.3 Å². The Morgan fingerprint density at radius 3 is 2.43 bits per heavy atom. The van der Waals surface area contributed by atoms with E-state index in [0.29, 0.717) is 38.6 Å². The van der Waals surface area contributed by atoms with Gasteiger partial charge in [0.05, 0.1) is 0 Å². The topological polar surface area (TPSA) is 89.4 Å². The van der Waals surface area contributed by atoms with Gasteiger partial charge in [-0.3, -0.25) is 14.4 Å². The van der Waals surface area contributed by atoms with Gasteiger partial charge in [0.15, 0.2) is 0 Å². The highest BCUT2D eigenvalue weighted by Crippen LogP contribution is 2.18. The van der Waals surface area contributed by atoms with E-state index in [-0.39, 0.29) is 23.1 Å². The van der Waals surface area contributed by atoms with Crippen molar-refractivity contribution in [2.45, 2.75) is 65.5 Å². The first-order valence-corrected chi connectivity index (χ1v) is 10.3. The number of amides is 2. The molecular weight excluding hydrogens is 358 g/mol. The van der Waals surface area contributed by atoms with Crippen molar-refractivity contribution >= 4 is 11.8 Å². The minimum Gasteiger partial charge on any atom is -0.382 e. The summed E-state index contributed by atoms with van der Waals surface area (Å²) in [7, 11) is 0. The van der Waals surface area contributed by atoms with Crippen LogP contribution in [-0.4, -0.2) is 42.2 Å². The second-order valence-corrected chi connectivity index (χ2v) is 7.77. The number of nitrogens with one attached hydrogen (secondary N) is 2. The SMILES string of the molecule is CCOCCCNC(=O)c1cn(CC(C)C)cc(C(=O)NC2CCCC2)c1=O. The van der Waals surface area contributed by atoms with Gasteiger partial charge in [-0.05, 0) is 32.1 Å². The highest BCUT2D eigenvalue weighted by atomic mass is 16.5. The molecule has 1 aromatic heterocycles. The lowest BCUT2D eigenvalue weighted by Gasteiger charge is -2.16. The molecule has 1 aromatic rings. The molecule has 0 atom stereocenters. The quantitative estimate of drug-likeness (QED) is 0.599. The highest BCUT2D eigenvalue weighted by Gasteiger charge is 2.23. The van der Waals surface area contributed by atoms with Crippen molar-refractivity contribution in [3.05, 3.63) is 33.7 Å². The number of aromatic nitrogens is 1. The molecule has 0 aliphatic heterocycles. The van der Waals surface area contributed by atoms with Crippen molar-refractivity contribution in [3.63, 3.8) is 0 Å². The van der Waals surface area contributed by atoms with Crippen LogP contribution in [0.3, 0.4) is 0 Å². The summed E-state index contributed by atoms with van der Waals surface area (Å²) < 4.78 is 7.02. The second-order valence-electron chi connectivity index (χ2n) is 7.77. The third-order valence-corrected chi connectivity index (χ3v) is 4.79. The fraction of sp³-hybridized carbons (Fsp3) is 0.667. The largest absolute Gasteiger partial charge is 0.382 e. The van der Waals surface area contributed by atoms with Gasteiger partial charge in [-0.1, -0.05) is 26.7 Å². The van der Waals surface area contributed by atoms with Crippen molar-refractivity contribution in [1.29, 1.82) is 0 Å². The first kappa shape index (κ1) is 22.1. The van der Waals surface area contributed by atoms with Crippen molar-refractivity contribution in [1.82, 2.24) is 15.2 Å². The van der Waals surface area contributed by atoms with E-state index in [9.17, 15) is 14.4 Å². The van der Waals surface area contributed by atoms with E-state index in [2.05, 4.69) is 10.6 Å². The van der Waals surface area contributed by atoms with Gasteiger partial charge in [-0.25, -0.2) is 0 Å². The summed E-state index contributed by atoms with van der Waals surface area (Å²) in [6.45, 7) is 8.23. The Bertz CT molecular complexity index is 721. The summed E-state index contributed by atoms with van der Waals surface area (Å²) >= 11 is 0. The maximum Gasteiger partial charge on any atom is 0.256 e. The Morgan fingerprint density at radius 2 is 1.82 bits per heavy atom. The summed E-state index contributed by atoms with van der Waals surface area (Å²) in [5.74, 6) is -0.523. The summed E-state index contributed by atoms with van der Waals surface area (Å²) in [5.41, 5.74) is -0.469. The predicted octanol–water partition coefficient (Wildman–Crippen LogP) is 2.33. The maximum atomic E-state index is 12.8. The fourth-order valence-corrected chi connectivity index (χ4v) is 3.43. The minimum atomic E-state index is -0.516. The molecule has 28 heavy (non-hydrogen) atoms. The van der Waals surface area contributed by atoms with Crippen LogP contribution in [0.2, 0.25) is 0 Å². The number of ether oxygens (including phenoxy) is 1. The number of carbonyl (C=O) groups is 2. The summed E-state index contributed by atoms with van der Waals surface area (Å²) in [6.07, 6.45) is 7.84. The third kappa shape index (κ3) is 6.48. The van der Waals surface area contributed by atoms with E-state index in [1.165, 1.54) is 0 Å². The lowest BCUT2D eigenvalue weighted by atomic mass is 10.1. The van der Waals surface area contributed by atoms with Crippen LogP contribution in [0, 0.1) is 5.92 Å². The molecule has 0 radical (unpaired) electrons. The van der Waals surface area contributed by atoms with E-state index < -0.39 is 11.3 Å². The molecule has 0 aromatic carbocycles. The van der Waals surface area contributed by atoms with Gasteiger partial charge >= 0.3 is 0 Å². The molecule has 2 N–H and O–H groups in total. The zero-order valence-electron chi connectivity index (χ0n) is 17.3. The molecular formula is C21H33N3O4. The number of rotatable bonds is 10. The van der Waals surface area contributed by atoms with E-state index >= 15 is 0 Å². The number of pyridine rings is 1. The Hall–Kier alpha value is -2.15. The van der Waals surface area contributed by atoms with Gasteiger partial charge in [0.2, 0.25) is 5.43 Å². The average Bonchev–Trinajstić information content (AvgIpc) is 3.15. The van der Waals surface area contributed by atoms with Gasteiger partial charge in [-0.2, -0.15) is 0 Å². The third-order valence-electron chi connectivity index (χ3n) is 4.79. The van der Waals surface area contributed by atoms with Crippen LogP contribution in [0.25, 0.3) is 0 Å². The van der Waals surface area contributed by atoms with Gasteiger partial charge in [0.25, 0.3) is 11.8 Å². The number of hydrogen-bond donors (Lipinski definition) is 2. The molecule has 0 bridgehead atoms. The lowest BCUT2D eigenvalue weighted by molar-refractivity contribution is 0.0935. The van der Waals surface area contributed by atoms with Gasteiger partial charge in [0.1, 0.15) is 11.1 Å². The smallest absolute Gasteiger partial charge is 0.256 e. The van der Waals surface area contributed by atoms with Crippen molar-refractivity contribution in [2.75, 3.05) is 19.8 Å².